The highest BCUT2D eigenvalue weighted by Gasteiger charge is 2.34. The van der Waals surface area contributed by atoms with Crippen LogP contribution in [0.4, 0.5) is 0 Å². The smallest absolute Gasteiger partial charge is 0.327 e. The van der Waals surface area contributed by atoms with Crippen LogP contribution >= 0.6 is 11.8 Å². The molecule has 0 aliphatic heterocycles. The molecule has 0 saturated heterocycles. The molecule has 2 unspecified atom stereocenters. The third-order valence-corrected chi connectivity index (χ3v) is 5.02. The van der Waals surface area contributed by atoms with Crippen molar-refractivity contribution in [3.63, 3.8) is 0 Å². The summed E-state index contributed by atoms with van der Waals surface area (Å²) >= 11 is 1.64. The second-order valence-electron chi connectivity index (χ2n) is 5.78. The molecule has 1 heterocycles. The summed E-state index contributed by atoms with van der Waals surface area (Å²) in [4.78, 5) is 11.5. The minimum absolute atomic E-state index is 0.136. The molecule has 2 rings (SSSR count). The molecule has 1 fully saturated rings. The largest absolute Gasteiger partial charge is 0.343 e. The van der Waals surface area contributed by atoms with E-state index < -0.39 is 0 Å². The first kappa shape index (κ1) is 13.7. The highest BCUT2D eigenvalue weighted by Crippen LogP contribution is 2.41. The van der Waals surface area contributed by atoms with Gasteiger partial charge in [0.2, 0.25) is 0 Å². The van der Waals surface area contributed by atoms with Crippen LogP contribution in [0.5, 0.6) is 0 Å². The quantitative estimate of drug-likeness (QED) is 0.874. The van der Waals surface area contributed by atoms with Crippen LogP contribution in [0.3, 0.4) is 0 Å². The number of hydrogen-bond acceptors (Lipinski definition) is 4. The van der Waals surface area contributed by atoms with Crippen molar-refractivity contribution in [2.75, 3.05) is 0 Å². The molecule has 0 radical (unpaired) electrons. The molecule has 6 heteroatoms. The summed E-state index contributed by atoms with van der Waals surface area (Å²) in [5.74, 6) is 0. The van der Waals surface area contributed by atoms with Crippen molar-refractivity contribution in [3.8, 4) is 0 Å². The Morgan fingerprint density at radius 3 is 3.00 bits per heavy atom. The second kappa shape index (κ2) is 5.09. The lowest BCUT2D eigenvalue weighted by Crippen LogP contribution is -2.41. The fraction of sp³-hybridized carbons (Fsp3) is 0.833. The molecule has 2 atom stereocenters. The molecule has 0 amide bonds. The van der Waals surface area contributed by atoms with Gasteiger partial charge in [-0.1, -0.05) is 25.6 Å². The Kier molecular flexibility index (Phi) is 3.87. The predicted octanol–water partition coefficient (Wildman–Crippen LogP) is 1.59. The van der Waals surface area contributed by atoms with Crippen LogP contribution in [0.2, 0.25) is 0 Å². The number of H-pyrrole nitrogens is 1. The third-order valence-electron chi connectivity index (χ3n) is 3.68. The molecule has 0 spiro atoms. The van der Waals surface area contributed by atoms with Gasteiger partial charge in [-0.15, -0.1) is 5.10 Å². The number of aromatic nitrogens is 3. The van der Waals surface area contributed by atoms with Crippen LogP contribution in [-0.4, -0.2) is 26.1 Å². The average molecular weight is 270 g/mol. The van der Waals surface area contributed by atoms with Gasteiger partial charge in [0.05, 0.1) is 0 Å². The third kappa shape index (κ3) is 2.80. The molecule has 3 N–H and O–H groups in total. The lowest BCUT2D eigenvalue weighted by Gasteiger charge is -2.38. The number of nitrogens with one attached hydrogen (secondary N) is 1. The van der Waals surface area contributed by atoms with Gasteiger partial charge in [-0.05, 0) is 31.6 Å². The van der Waals surface area contributed by atoms with E-state index in [1.54, 1.807) is 16.3 Å². The highest BCUT2D eigenvalue weighted by molar-refractivity contribution is 7.99. The van der Waals surface area contributed by atoms with E-state index >= 15 is 0 Å². The van der Waals surface area contributed by atoms with E-state index in [9.17, 15) is 4.79 Å². The number of thioether (sulfide) groups is 1. The van der Waals surface area contributed by atoms with Crippen LogP contribution < -0.4 is 11.4 Å². The van der Waals surface area contributed by atoms with Gasteiger partial charge in [0.1, 0.15) is 0 Å². The summed E-state index contributed by atoms with van der Waals surface area (Å²) in [6.07, 6.45) is 3.29. The topological polar surface area (TPSA) is 76.7 Å². The van der Waals surface area contributed by atoms with Gasteiger partial charge in [0.15, 0.2) is 5.16 Å². The number of rotatable bonds is 3. The maximum absolute atomic E-state index is 11.5. The Morgan fingerprint density at radius 2 is 2.33 bits per heavy atom. The molecule has 1 aliphatic rings. The molecule has 1 aromatic heterocycles. The Labute approximate surface area is 112 Å². The zero-order chi connectivity index (χ0) is 13.3. The molecular weight excluding hydrogens is 248 g/mol. The van der Waals surface area contributed by atoms with E-state index in [1.165, 1.54) is 6.42 Å². The predicted molar refractivity (Wildman–Crippen MR) is 73.8 cm³/mol. The summed E-state index contributed by atoms with van der Waals surface area (Å²) in [7, 11) is 0. The lowest BCUT2D eigenvalue weighted by molar-refractivity contribution is 0.232. The van der Waals surface area contributed by atoms with Gasteiger partial charge >= 0.3 is 5.69 Å². The van der Waals surface area contributed by atoms with Crippen molar-refractivity contribution in [1.29, 1.82) is 0 Å². The van der Waals surface area contributed by atoms with Gasteiger partial charge in [0.25, 0.3) is 0 Å². The molecule has 0 aromatic carbocycles. The second-order valence-corrected chi connectivity index (χ2v) is 6.99. The minimum Gasteiger partial charge on any atom is -0.327 e. The molecule has 1 aliphatic carbocycles. The van der Waals surface area contributed by atoms with Gasteiger partial charge in [-0.25, -0.2) is 9.89 Å². The number of hydrogen-bond donors (Lipinski definition) is 2. The number of aromatic amines is 1. The van der Waals surface area contributed by atoms with Crippen molar-refractivity contribution in [2.24, 2.45) is 11.1 Å². The van der Waals surface area contributed by atoms with Crippen molar-refractivity contribution < 1.29 is 0 Å². The Bertz CT molecular complexity index is 465. The molecule has 102 valence electrons. The molecule has 1 saturated carbocycles. The van der Waals surface area contributed by atoms with Crippen molar-refractivity contribution in [2.45, 2.75) is 63.0 Å². The zero-order valence-corrected chi connectivity index (χ0v) is 12.1. The van der Waals surface area contributed by atoms with Crippen molar-refractivity contribution >= 4 is 11.8 Å². The summed E-state index contributed by atoms with van der Waals surface area (Å²) in [5.41, 5.74) is 6.40. The van der Waals surface area contributed by atoms with Crippen LogP contribution in [0.15, 0.2) is 9.95 Å². The van der Waals surface area contributed by atoms with E-state index in [1.807, 2.05) is 6.92 Å². The van der Waals surface area contributed by atoms with E-state index in [2.05, 4.69) is 24.0 Å². The Balaban J connectivity index is 2.14. The fourth-order valence-electron chi connectivity index (χ4n) is 2.48. The normalized spacial score (nSPS) is 27.3. The van der Waals surface area contributed by atoms with Gasteiger partial charge in [-0.3, -0.25) is 4.57 Å². The monoisotopic (exact) mass is 270 g/mol. The van der Waals surface area contributed by atoms with E-state index in [0.29, 0.717) is 17.2 Å². The SMILES string of the molecule is CCn1c(SC2CC(C)(C)CCC2N)n[nH]c1=O. The first-order valence-electron chi connectivity index (χ1n) is 6.50. The molecule has 18 heavy (non-hydrogen) atoms. The van der Waals surface area contributed by atoms with E-state index in [-0.39, 0.29) is 11.7 Å². The van der Waals surface area contributed by atoms with E-state index in [0.717, 1.165) is 18.0 Å². The summed E-state index contributed by atoms with van der Waals surface area (Å²) in [6, 6.07) is 0.195. The highest BCUT2D eigenvalue weighted by atomic mass is 32.2. The summed E-state index contributed by atoms with van der Waals surface area (Å²) < 4.78 is 1.67. The standard InChI is InChI=1S/C12H22N4OS/c1-4-16-10(17)14-15-11(16)18-9-7-12(2,3)6-5-8(9)13/h8-9H,4-7,13H2,1-3H3,(H,14,17). The Hall–Kier alpha value is -0.750. The fourth-order valence-corrected chi connectivity index (χ4v) is 4.03. The first-order chi connectivity index (χ1) is 8.43. The van der Waals surface area contributed by atoms with E-state index in [4.69, 9.17) is 5.73 Å². The molecule has 5 nitrogen and oxygen atoms in total. The number of nitrogens with two attached hydrogens (primary N) is 1. The zero-order valence-electron chi connectivity index (χ0n) is 11.3. The van der Waals surface area contributed by atoms with Gasteiger partial charge in [0, 0.05) is 17.8 Å². The average Bonchev–Trinajstić information content (AvgIpc) is 2.64. The molecule has 1 aromatic rings. The number of nitrogens with zero attached hydrogens (tertiary/aromatic N) is 2. The maximum Gasteiger partial charge on any atom is 0.343 e. The molecular formula is C12H22N4OS. The van der Waals surface area contributed by atoms with Crippen molar-refractivity contribution in [1.82, 2.24) is 14.8 Å². The lowest BCUT2D eigenvalue weighted by atomic mass is 9.75. The van der Waals surface area contributed by atoms with Crippen LogP contribution in [0.25, 0.3) is 0 Å². The summed E-state index contributed by atoms with van der Waals surface area (Å²) in [5, 5.41) is 7.71. The van der Waals surface area contributed by atoms with Gasteiger partial charge in [-0.2, -0.15) is 0 Å². The minimum atomic E-state index is -0.136. The van der Waals surface area contributed by atoms with Gasteiger partial charge < -0.3 is 5.73 Å². The summed E-state index contributed by atoms with van der Waals surface area (Å²) in [6.45, 7) is 7.16. The van der Waals surface area contributed by atoms with Crippen molar-refractivity contribution in [3.05, 3.63) is 10.5 Å². The Morgan fingerprint density at radius 1 is 1.61 bits per heavy atom. The van der Waals surface area contributed by atoms with Crippen LogP contribution in [-0.2, 0) is 6.54 Å². The van der Waals surface area contributed by atoms with Crippen LogP contribution in [0.1, 0.15) is 40.0 Å². The maximum atomic E-state index is 11.5. The van der Waals surface area contributed by atoms with Crippen LogP contribution in [0, 0.1) is 5.41 Å². The first-order valence-corrected chi connectivity index (χ1v) is 7.38. The molecule has 0 bridgehead atoms.